The van der Waals surface area contributed by atoms with Gasteiger partial charge in [0.25, 0.3) is 0 Å². The summed E-state index contributed by atoms with van der Waals surface area (Å²) in [7, 11) is 0. The molecule has 0 unspecified atom stereocenters. The predicted octanol–water partition coefficient (Wildman–Crippen LogP) is 3.47. The summed E-state index contributed by atoms with van der Waals surface area (Å²) >= 11 is 0. The molecule has 0 aliphatic heterocycles. The molecular formula is C15H23N3. The molecule has 0 amide bonds. The van der Waals surface area contributed by atoms with Crippen molar-refractivity contribution in [3.8, 4) is 6.07 Å². The van der Waals surface area contributed by atoms with Gasteiger partial charge in [0.15, 0.2) is 0 Å². The Hall–Kier alpha value is -1.30. The van der Waals surface area contributed by atoms with Crippen LogP contribution >= 0.6 is 0 Å². The van der Waals surface area contributed by atoms with Crippen molar-refractivity contribution in [1.82, 2.24) is 9.78 Å². The molecule has 98 valence electrons. The molecule has 1 heterocycles. The second-order valence-electron chi connectivity index (χ2n) is 5.84. The van der Waals surface area contributed by atoms with Crippen molar-refractivity contribution < 1.29 is 0 Å². The highest BCUT2D eigenvalue weighted by Crippen LogP contribution is 2.40. The van der Waals surface area contributed by atoms with Crippen molar-refractivity contribution in [3.63, 3.8) is 0 Å². The minimum absolute atomic E-state index is 0.147. The summed E-state index contributed by atoms with van der Waals surface area (Å²) in [5.41, 5.74) is 2.14. The lowest BCUT2D eigenvalue weighted by Crippen LogP contribution is -2.28. The van der Waals surface area contributed by atoms with Gasteiger partial charge in [0.2, 0.25) is 0 Å². The van der Waals surface area contributed by atoms with E-state index in [4.69, 9.17) is 0 Å². The molecule has 0 atom stereocenters. The second-order valence-corrected chi connectivity index (χ2v) is 5.84. The molecule has 0 spiro atoms. The Bertz CT molecular complexity index is 445. The maximum atomic E-state index is 9.58. The van der Waals surface area contributed by atoms with Gasteiger partial charge >= 0.3 is 0 Å². The molecule has 0 aromatic carbocycles. The fourth-order valence-corrected chi connectivity index (χ4v) is 3.00. The molecule has 0 N–H and O–H groups in total. The SMILES string of the molecule is CCn1nc(C)cc1CC1(C#N)CCC(C)CC1. The molecule has 2 rings (SSSR count). The lowest BCUT2D eigenvalue weighted by Gasteiger charge is -2.33. The fourth-order valence-electron chi connectivity index (χ4n) is 3.00. The van der Waals surface area contributed by atoms with Crippen LogP contribution in [0.15, 0.2) is 6.07 Å². The van der Waals surface area contributed by atoms with E-state index in [-0.39, 0.29) is 5.41 Å². The molecule has 1 fully saturated rings. The van der Waals surface area contributed by atoms with Gasteiger partial charge in [-0.1, -0.05) is 6.92 Å². The first kappa shape index (κ1) is 13.1. The highest BCUT2D eigenvalue weighted by Gasteiger charge is 2.35. The maximum absolute atomic E-state index is 9.58. The second kappa shape index (κ2) is 5.14. The Labute approximate surface area is 110 Å². The zero-order valence-corrected chi connectivity index (χ0v) is 11.7. The molecule has 3 heteroatoms. The Balaban J connectivity index is 2.18. The van der Waals surface area contributed by atoms with Crippen LogP contribution in [0.2, 0.25) is 0 Å². The van der Waals surface area contributed by atoms with Crippen LogP contribution in [0.3, 0.4) is 0 Å². The van der Waals surface area contributed by atoms with E-state index in [1.54, 1.807) is 0 Å². The third-order valence-corrected chi connectivity index (χ3v) is 4.27. The van der Waals surface area contributed by atoms with Gasteiger partial charge < -0.3 is 0 Å². The molecule has 0 radical (unpaired) electrons. The number of hydrogen-bond donors (Lipinski definition) is 0. The zero-order valence-electron chi connectivity index (χ0n) is 11.7. The number of aryl methyl sites for hydroxylation is 2. The van der Waals surface area contributed by atoms with Gasteiger partial charge in [0.1, 0.15) is 0 Å². The number of nitrogens with zero attached hydrogens (tertiary/aromatic N) is 3. The van der Waals surface area contributed by atoms with E-state index >= 15 is 0 Å². The quantitative estimate of drug-likeness (QED) is 0.818. The van der Waals surface area contributed by atoms with Crippen LogP contribution in [0.1, 0.15) is 50.9 Å². The Morgan fingerprint density at radius 3 is 2.72 bits per heavy atom. The lowest BCUT2D eigenvalue weighted by atomic mass is 9.69. The van der Waals surface area contributed by atoms with Crippen molar-refractivity contribution in [2.24, 2.45) is 11.3 Å². The normalized spacial score (nSPS) is 28.0. The van der Waals surface area contributed by atoms with E-state index < -0.39 is 0 Å². The molecule has 1 aromatic rings. The number of rotatable bonds is 3. The van der Waals surface area contributed by atoms with Gasteiger partial charge in [-0.05, 0) is 51.5 Å². The summed E-state index contributed by atoms with van der Waals surface area (Å²) in [6.45, 7) is 7.32. The maximum Gasteiger partial charge on any atom is 0.0693 e. The van der Waals surface area contributed by atoms with Gasteiger partial charge in [-0.25, -0.2) is 0 Å². The van der Waals surface area contributed by atoms with Gasteiger partial charge in [-0.2, -0.15) is 10.4 Å². The van der Waals surface area contributed by atoms with Crippen LogP contribution in [-0.2, 0) is 13.0 Å². The van der Waals surface area contributed by atoms with E-state index in [1.165, 1.54) is 18.5 Å². The molecule has 1 aliphatic rings. The van der Waals surface area contributed by atoms with E-state index in [0.717, 1.165) is 37.4 Å². The first-order valence-electron chi connectivity index (χ1n) is 7.03. The van der Waals surface area contributed by atoms with E-state index in [9.17, 15) is 5.26 Å². The number of hydrogen-bond acceptors (Lipinski definition) is 2. The third-order valence-electron chi connectivity index (χ3n) is 4.27. The standard InChI is InChI=1S/C15H23N3/c1-4-18-14(9-13(3)17-18)10-15(11-16)7-5-12(2)6-8-15/h9,12H,4-8,10H2,1-3H3. The van der Waals surface area contributed by atoms with Crippen LogP contribution in [0.4, 0.5) is 0 Å². The van der Waals surface area contributed by atoms with E-state index in [2.05, 4.69) is 31.1 Å². The van der Waals surface area contributed by atoms with Gasteiger partial charge in [-0.3, -0.25) is 4.68 Å². The molecule has 0 saturated heterocycles. The highest BCUT2D eigenvalue weighted by molar-refractivity contribution is 5.15. The van der Waals surface area contributed by atoms with E-state index in [1.807, 2.05) is 11.6 Å². The molecule has 0 bridgehead atoms. The summed E-state index contributed by atoms with van der Waals surface area (Å²) in [5, 5.41) is 14.1. The fraction of sp³-hybridized carbons (Fsp3) is 0.733. The minimum atomic E-state index is -0.147. The average Bonchev–Trinajstić information content (AvgIpc) is 2.72. The number of aromatic nitrogens is 2. The largest absolute Gasteiger partial charge is 0.270 e. The topological polar surface area (TPSA) is 41.6 Å². The highest BCUT2D eigenvalue weighted by atomic mass is 15.3. The van der Waals surface area contributed by atoms with Crippen molar-refractivity contribution in [3.05, 3.63) is 17.5 Å². The van der Waals surface area contributed by atoms with Crippen LogP contribution in [0, 0.1) is 29.6 Å². The average molecular weight is 245 g/mol. The summed E-state index contributed by atoms with van der Waals surface area (Å²) in [6, 6.07) is 4.75. The lowest BCUT2D eigenvalue weighted by molar-refractivity contribution is 0.215. The van der Waals surface area contributed by atoms with Crippen LogP contribution in [-0.4, -0.2) is 9.78 Å². The van der Waals surface area contributed by atoms with Crippen LogP contribution in [0.25, 0.3) is 0 Å². The Kier molecular flexibility index (Phi) is 3.75. The first-order valence-corrected chi connectivity index (χ1v) is 7.03. The summed E-state index contributed by atoms with van der Waals surface area (Å²) in [5.74, 6) is 0.782. The number of nitriles is 1. The summed E-state index contributed by atoms with van der Waals surface area (Å²) < 4.78 is 2.05. The summed E-state index contributed by atoms with van der Waals surface area (Å²) in [6.07, 6.45) is 5.32. The van der Waals surface area contributed by atoms with Gasteiger partial charge in [-0.15, -0.1) is 0 Å². The molecule has 1 aromatic heterocycles. The molecule has 3 nitrogen and oxygen atoms in total. The molecule has 18 heavy (non-hydrogen) atoms. The molecule has 1 aliphatic carbocycles. The van der Waals surface area contributed by atoms with Crippen molar-refractivity contribution in [2.45, 2.75) is 59.4 Å². The van der Waals surface area contributed by atoms with Crippen molar-refractivity contribution in [2.75, 3.05) is 0 Å². The zero-order chi connectivity index (χ0) is 13.2. The summed E-state index contributed by atoms with van der Waals surface area (Å²) in [4.78, 5) is 0. The Morgan fingerprint density at radius 1 is 1.50 bits per heavy atom. The smallest absolute Gasteiger partial charge is 0.0693 e. The predicted molar refractivity (Wildman–Crippen MR) is 72.0 cm³/mol. The molecule has 1 saturated carbocycles. The van der Waals surface area contributed by atoms with Gasteiger partial charge in [0, 0.05) is 18.7 Å². The van der Waals surface area contributed by atoms with Gasteiger partial charge in [0.05, 0.1) is 17.2 Å². The minimum Gasteiger partial charge on any atom is -0.270 e. The van der Waals surface area contributed by atoms with Crippen LogP contribution in [0.5, 0.6) is 0 Å². The first-order chi connectivity index (χ1) is 8.58. The third kappa shape index (κ3) is 2.58. The van der Waals surface area contributed by atoms with Crippen molar-refractivity contribution >= 4 is 0 Å². The monoisotopic (exact) mass is 245 g/mol. The van der Waals surface area contributed by atoms with Crippen LogP contribution < -0.4 is 0 Å². The molecular weight excluding hydrogens is 222 g/mol. The Morgan fingerprint density at radius 2 is 2.17 bits per heavy atom. The van der Waals surface area contributed by atoms with Crippen molar-refractivity contribution in [1.29, 1.82) is 5.26 Å². The van der Waals surface area contributed by atoms with E-state index in [0.29, 0.717) is 0 Å².